The summed E-state index contributed by atoms with van der Waals surface area (Å²) < 4.78 is 130. The lowest BCUT2D eigenvalue weighted by Crippen LogP contribution is -2.34. The van der Waals surface area contributed by atoms with Gasteiger partial charge in [0.1, 0.15) is 11.5 Å². The fourth-order valence-electron chi connectivity index (χ4n) is 2.39. The Labute approximate surface area is 161 Å². The van der Waals surface area contributed by atoms with Gasteiger partial charge in [0.15, 0.2) is 0 Å². The largest absolute Gasteiger partial charge is 0.534 e. The lowest BCUT2D eigenvalue weighted by atomic mass is 9.82. The lowest BCUT2D eigenvalue weighted by Gasteiger charge is -2.30. The van der Waals surface area contributed by atoms with Gasteiger partial charge in [-0.1, -0.05) is 30.3 Å². The van der Waals surface area contributed by atoms with E-state index in [-0.39, 0.29) is 0 Å². The molecule has 0 aromatic heterocycles. The van der Waals surface area contributed by atoms with Crippen molar-refractivity contribution in [3.63, 3.8) is 0 Å². The van der Waals surface area contributed by atoms with Crippen LogP contribution in [0.15, 0.2) is 54.0 Å². The van der Waals surface area contributed by atoms with Crippen LogP contribution in [0.2, 0.25) is 0 Å². The maximum absolute atomic E-state index is 12.7. The van der Waals surface area contributed by atoms with E-state index < -0.39 is 54.6 Å². The Kier molecular flexibility index (Phi) is 5.75. The number of allylic oxidation sites excluding steroid dienone is 2. The fourth-order valence-corrected chi connectivity index (χ4v) is 3.53. The summed E-state index contributed by atoms with van der Waals surface area (Å²) in [6.45, 7) is 0.989. The van der Waals surface area contributed by atoms with E-state index in [1.54, 1.807) is 6.07 Å². The van der Waals surface area contributed by atoms with E-state index in [9.17, 15) is 43.2 Å². The highest BCUT2D eigenvalue weighted by Gasteiger charge is 2.55. The zero-order valence-electron chi connectivity index (χ0n) is 14.3. The van der Waals surface area contributed by atoms with Crippen LogP contribution < -0.4 is 0 Å². The molecule has 0 amide bonds. The smallest absolute Gasteiger partial charge is 0.379 e. The molecule has 0 atom stereocenters. The summed E-state index contributed by atoms with van der Waals surface area (Å²) in [5.41, 5.74) is -13.4. The second kappa shape index (κ2) is 7.23. The lowest BCUT2D eigenvalue weighted by molar-refractivity contribution is -0.0542. The summed E-state index contributed by atoms with van der Waals surface area (Å²) in [6, 6.07) is 7.45. The summed E-state index contributed by atoms with van der Waals surface area (Å²) in [6.07, 6.45) is 0.785. The van der Waals surface area contributed by atoms with Gasteiger partial charge in [0, 0.05) is 0 Å². The van der Waals surface area contributed by atoms with Crippen molar-refractivity contribution in [2.24, 2.45) is 5.41 Å². The zero-order chi connectivity index (χ0) is 22.3. The van der Waals surface area contributed by atoms with Crippen LogP contribution in [0.25, 0.3) is 0 Å². The molecule has 0 radical (unpaired) electrons. The van der Waals surface area contributed by atoms with Crippen molar-refractivity contribution in [1.29, 1.82) is 0 Å². The van der Waals surface area contributed by atoms with Crippen molar-refractivity contribution in [2.75, 3.05) is 0 Å². The molecule has 1 aromatic rings. The number of rotatable bonds is 6. The molecule has 0 fully saturated rings. The van der Waals surface area contributed by atoms with Gasteiger partial charge in [-0.05, 0) is 31.1 Å². The first-order valence-electron chi connectivity index (χ1n) is 7.48. The molecule has 0 unspecified atom stereocenters. The second-order valence-electron chi connectivity index (χ2n) is 6.02. The summed E-state index contributed by atoms with van der Waals surface area (Å²) in [7, 11) is -12.3. The predicted molar refractivity (Wildman–Crippen MR) is 86.5 cm³/mol. The second-order valence-corrected chi connectivity index (χ2v) is 9.10. The summed E-state index contributed by atoms with van der Waals surface area (Å²) in [4.78, 5) is 0. The average Bonchev–Trinajstić information content (AvgIpc) is 2.82. The van der Waals surface area contributed by atoms with E-state index >= 15 is 0 Å². The molecule has 162 valence electrons. The molecule has 0 heterocycles. The number of benzene rings is 1. The van der Waals surface area contributed by atoms with Crippen molar-refractivity contribution >= 4 is 20.2 Å². The zero-order valence-corrected chi connectivity index (χ0v) is 15.9. The van der Waals surface area contributed by atoms with Crippen LogP contribution in [-0.2, 0) is 35.0 Å². The first kappa shape index (κ1) is 23.1. The molecule has 0 N–H and O–H groups in total. The quantitative estimate of drug-likeness (QED) is 0.361. The van der Waals surface area contributed by atoms with Crippen LogP contribution in [-0.4, -0.2) is 27.9 Å². The van der Waals surface area contributed by atoms with Gasteiger partial charge in [-0.2, -0.15) is 43.2 Å². The third kappa shape index (κ3) is 4.69. The minimum atomic E-state index is -6.17. The minimum Gasteiger partial charge on any atom is -0.379 e. The first-order chi connectivity index (χ1) is 13.0. The summed E-state index contributed by atoms with van der Waals surface area (Å²) in [5, 5.41) is 0. The Morgan fingerprint density at radius 1 is 0.793 bits per heavy atom. The van der Waals surface area contributed by atoms with Gasteiger partial charge in [0.05, 0.1) is 5.41 Å². The molecule has 0 spiro atoms. The van der Waals surface area contributed by atoms with E-state index in [2.05, 4.69) is 8.37 Å². The van der Waals surface area contributed by atoms with Crippen LogP contribution in [0.1, 0.15) is 12.5 Å². The molecule has 1 aromatic carbocycles. The van der Waals surface area contributed by atoms with Crippen LogP contribution in [0, 0.1) is 5.41 Å². The van der Waals surface area contributed by atoms with Gasteiger partial charge in [-0.15, -0.1) is 0 Å². The van der Waals surface area contributed by atoms with Crippen LogP contribution >= 0.6 is 0 Å². The number of alkyl halides is 6. The average molecular weight is 466 g/mol. The molecule has 6 nitrogen and oxygen atoms in total. The third-order valence-electron chi connectivity index (χ3n) is 3.84. The Morgan fingerprint density at radius 2 is 1.17 bits per heavy atom. The Morgan fingerprint density at radius 3 is 1.52 bits per heavy atom. The van der Waals surface area contributed by atoms with E-state index in [0.29, 0.717) is 17.7 Å². The number of halogens is 6. The first-order valence-corrected chi connectivity index (χ1v) is 10.3. The number of hydrogen-bond donors (Lipinski definition) is 0. The molecule has 2 rings (SSSR count). The monoisotopic (exact) mass is 466 g/mol. The van der Waals surface area contributed by atoms with Crippen molar-refractivity contribution < 1.29 is 51.5 Å². The van der Waals surface area contributed by atoms with E-state index in [1.807, 2.05) is 0 Å². The Bertz CT molecular complexity index is 975. The molecule has 0 bridgehead atoms. The Hall–Kier alpha value is -2.22. The summed E-state index contributed by atoms with van der Waals surface area (Å²) in [5.74, 6) is -1.91. The van der Waals surface area contributed by atoms with Crippen LogP contribution in [0.4, 0.5) is 26.3 Å². The highest BCUT2D eigenvalue weighted by atomic mass is 32.2. The minimum absolute atomic E-state index is 0.328. The maximum atomic E-state index is 12.7. The van der Waals surface area contributed by atoms with Gasteiger partial charge in [0.25, 0.3) is 0 Å². The van der Waals surface area contributed by atoms with Crippen LogP contribution in [0.5, 0.6) is 0 Å². The van der Waals surface area contributed by atoms with Gasteiger partial charge in [-0.3, -0.25) is 0 Å². The maximum Gasteiger partial charge on any atom is 0.534 e. The highest BCUT2D eigenvalue weighted by molar-refractivity contribution is 7.88. The van der Waals surface area contributed by atoms with Crippen molar-refractivity contribution in [3.8, 4) is 0 Å². The van der Waals surface area contributed by atoms with Crippen molar-refractivity contribution in [2.45, 2.75) is 24.4 Å². The standard InChI is InChI=1S/C15H12F6O6S2/c1-13(9-10-5-3-2-4-6-10)11(26-28(22,23)14(16,17)18)7-8-12(13)27-29(24,25)15(19,20)21/h2-8H,9H2,1H3. The van der Waals surface area contributed by atoms with Gasteiger partial charge >= 0.3 is 31.3 Å². The fraction of sp³-hybridized carbons (Fsp3) is 0.333. The van der Waals surface area contributed by atoms with Crippen LogP contribution in [0.3, 0.4) is 0 Å². The van der Waals surface area contributed by atoms with E-state index in [0.717, 1.165) is 6.92 Å². The van der Waals surface area contributed by atoms with E-state index in [4.69, 9.17) is 0 Å². The molecule has 0 aliphatic heterocycles. The SMILES string of the molecule is CC1(Cc2ccccc2)C(OS(=O)(=O)C(F)(F)F)=CC=C1OS(=O)(=O)C(F)(F)F. The number of hydrogen-bond acceptors (Lipinski definition) is 6. The van der Waals surface area contributed by atoms with E-state index in [1.165, 1.54) is 24.3 Å². The third-order valence-corrected chi connectivity index (χ3v) is 5.77. The normalized spacial score (nSPS) is 17.5. The van der Waals surface area contributed by atoms with Crippen molar-refractivity contribution in [3.05, 3.63) is 59.6 Å². The highest BCUT2D eigenvalue weighted by Crippen LogP contribution is 2.47. The topological polar surface area (TPSA) is 86.7 Å². The molecule has 14 heteroatoms. The molecule has 1 aliphatic carbocycles. The Balaban J connectivity index is 2.46. The van der Waals surface area contributed by atoms with Gasteiger partial charge < -0.3 is 8.37 Å². The molecule has 1 aliphatic rings. The predicted octanol–water partition coefficient (Wildman–Crippen LogP) is 3.75. The molecule has 0 saturated carbocycles. The van der Waals surface area contributed by atoms with Crippen molar-refractivity contribution in [1.82, 2.24) is 0 Å². The van der Waals surface area contributed by atoms with Gasteiger partial charge in [-0.25, -0.2) is 0 Å². The molecule has 29 heavy (non-hydrogen) atoms. The molecule has 0 saturated heterocycles. The molecular weight excluding hydrogens is 454 g/mol. The molecular formula is C15H12F6O6S2. The van der Waals surface area contributed by atoms with Gasteiger partial charge in [0.2, 0.25) is 0 Å². The summed E-state index contributed by atoms with van der Waals surface area (Å²) >= 11 is 0.